The maximum absolute atomic E-state index is 9.77. The Bertz CT molecular complexity index is 339. The van der Waals surface area contributed by atoms with E-state index in [9.17, 15) is 5.11 Å². The minimum Gasteiger partial charge on any atom is -0.389 e. The predicted octanol–water partition coefficient (Wildman–Crippen LogP) is 3.74. The van der Waals surface area contributed by atoms with Gasteiger partial charge in [-0.1, -0.05) is 28.9 Å². The van der Waals surface area contributed by atoms with E-state index in [0.717, 1.165) is 35.2 Å². The minimum absolute atomic E-state index is 0.422. The topological polar surface area (TPSA) is 23.5 Å². The Balaban J connectivity index is 3.11. The molecule has 0 fully saturated rings. The molecule has 1 unspecified atom stereocenters. The summed E-state index contributed by atoms with van der Waals surface area (Å²) in [5.41, 5.74) is 2.13. The van der Waals surface area contributed by atoms with Crippen LogP contribution in [0.5, 0.6) is 0 Å². The molecule has 0 saturated carbocycles. The molecular weight excluding hydrogens is 266 g/mol. The molecule has 0 aliphatic carbocycles. The molecule has 3 heteroatoms. The average Bonchev–Trinajstić information content (AvgIpc) is 2.25. The first-order chi connectivity index (χ1) is 7.60. The van der Waals surface area contributed by atoms with Crippen LogP contribution in [0.1, 0.15) is 38.9 Å². The summed E-state index contributed by atoms with van der Waals surface area (Å²) in [5, 5.41) is 9.77. The lowest BCUT2D eigenvalue weighted by molar-refractivity contribution is 0.199. The fraction of sp³-hybridized carbons (Fsp3) is 0.538. The number of halogens is 1. The summed E-state index contributed by atoms with van der Waals surface area (Å²) in [6.07, 6.45) is 0.689. The fourth-order valence-corrected chi connectivity index (χ4v) is 2.21. The lowest BCUT2D eigenvalue weighted by Gasteiger charge is -2.26. The Morgan fingerprint density at radius 3 is 2.56 bits per heavy atom. The quantitative estimate of drug-likeness (QED) is 0.891. The Kier molecular flexibility index (Phi) is 5.29. The zero-order valence-corrected chi connectivity index (χ0v) is 11.8. The van der Waals surface area contributed by atoms with Crippen LogP contribution in [0.2, 0.25) is 0 Å². The highest BCUT2D eigenvalue weighted by molar-refractivity contribution is 9.10. The smallest absolute Gasteiger partial charge is 0.0782 e. The summed E-state index contributed by atoms with van der Waals surface area (Å²) in [7, 11) is 0. The molecule has 1 N–H and O–H groups in total. The third kappa shape index (κ3) is 3.22. The standard InChI is InChI=1S/C13H20BrNO/c1-4-8-15(5-2)13-9-11(14)6-7-12(13)10(3)16/h6-7,9-10,16H,4-5,8H2,1-3H3. The molecule has 1 aromatic carbocycles. The second-order valence-electron chi connectivity index (χ2n) is 3.96. The Morgan fingerprint density at radius 1 is 1.38 bits per heavy atom. The number of rotatable bonds is 5. The van der Waals surface area contributed by atoms with Gasteiger partial charge in [0.1, 0.15) is 0 Å². The van der Waals surface area contributed by atoms with Crippen LogP contribution in [0.4, 0.5) is 5.69 Å². The van der Waals surface area contributed by atoms with Gasteiger partial charge in [-0.3, -0.25) is 0 Å². The van der Waals surface area contributed by atoms with Crippen LogP contribution in [0.25, 0.3) is 0 Å². The van der Waals surface area contributed by atoms with Gasteiger partial charge in [0, 0.05) is 28.8 Å². The molecule has 0 bridgehead atoms. The van der Waals surface area contributed by atoms with E-state index in [1.54, 1.807) is 0 Å². The van der Waals surface area contributed by atoms with Crippen LogP contribution < -0.4 is 4.90 Å². The van der Waals surface area contributed by atoms with Crippen molar-refractivity contribution in [3.63, 3.8) is 0 Å². The molecule has 0 aromatic heterocycles. The molecule has 0 amide bonds. The number of hydrogen-bond acceptors (Lipinski definition) is 2. The highest BCUT2D eigenvalue weighted by Crippen LogP contribution is 2.29. The highest BCUT2D eigenvalue weighted by Gasteiger charge is 2.13. The summed E-state index contributed by atoms with van der Waals surface area (Å²) in [6, 6.07) is 6.05. The van der Waals surface area contributed by atoms with Crippen LogP contribution >= 0.6 is 15.9 Å². The molecule has 0 aliphatic heterocycles. The van der Waals surface area contributed by atoms with E-state index in [2.05, 4.69) is 40.7 Å². The van der Waals surface area contributed by atoms with Crippen molar-refractivity contribution in [2.24, 2.45) is 0 Å². The van der Waals surface area contributed by atoms with Gasteiger partial charge in [0.15, 0.2) is 0 Å². The van der Waals surface area contributed by atoms with Crippen LogP contribution in [0.3, 0.4) is 0 Å². The SMILES string of the molecule is CCCN(CC)c1cc(Br)ccc1C(C)O. The van der Waals surface area contributed by atoms with E-state index < -0.39 is 6.10 Å². The summed E-state index contributed by atoms with van der Waals surface area (Å²) in [5.74, 6) is 0. The molecule has 90 valence electrons. The maximum Gasteiger partial charge on any atom is 0.0782 e. The number of anilines is 1. The van der Waals surface area contributed by atoms with Gasteiger partial charge in [-0.2, -0.15) is 0 Å². The lowest BCUT2D eigenvalue weighted by Crippen LogP contribution is -2.25. The second kappa shape index (κ2) is 6.26. The Hall–Kier alpha value is -0.540. The van der Waals surface area contributed by atoms with Gasteiger partial charge in [-0.05, 0) is 32.4 Å². The number of hydrogen-bond donors (Lipinski definition) is 1. The lowest BCUT2D eigenvalue weighted by atomic mass is 10.1. The van der Waals surface area contributed by atoms with Gasteiger partial charge >= 0.3 is 0 Å². The van der Waals surface area contributed by atoms with Crippen molar-refractivity contribution in [2.75, 3.05) is 18.0 Å². The second-order valence-corrected chi connectivity index (χ2v) is 4.87. The molecular formula is C13H20BrNO. The van der Waals surface area contributed by atoms with E-state index in [1.165, 1.54) is 0 Å². The molecule has 1 atom stereocenters. The highest BCUT2D eigenvalue weighted by atomic mass is 79.9. The van der Waals surface area contributed by atoms with Crippen LogP contribution in [0.15, 0.2) is 22.7 Å². The van der Waals surface area contributed by atoms with E-state index in [0.29, 0.717) is 0 Å². The summed E-state index contributed by atoms with van der Waals surface area (Å²) < 4.78 is 1.06. The molecule has 0 heterocycles. The van der Waals surface area contributed by atoms with Crippen molar-refractivity contribution in [3.05, 3.63) is 28.2 Å². The van der Waals surface area contributed by atoms with E-state index in [4.69, 9.17) is 0 Å². The zero-order valence-electron chi connectivity index (χ0n) is 10.2. The third-order valence-electron chi connectivity index (χ3n) is 2.66. The number of benzene rings is 1. The third-order valence-corrected chi connectivity index (χ3v) is 3.15. The van der Waals surface area contributed by atoms with Crippen LogP contribution in [0, 0.1) is 0 Å². The van der Waals surface area contributed by atoms with Gasteiger partial charge in [-0.15, -0.1) is 0 Å². The molecule has 0 saturated heterocycles. The summed E-state index contributed by atoms with van der Waals surface area (Å²) in [6.45, 7) is 8.11. The van der Waals surface area contributed by atoms with Gasteiger partial charge < -0.3 is 10.0 Å². The van der Waals surface area contributed by atoms with Crippen LogP contribution in [-0.2, 0) is 0 Å². The molecule has 0 radical (unpaired) electrons. The van der Waals surface area contributed by atoms with Crippen molar-refractivity contribution in [3.8, 4) is 0 Å². The molecule has 2 nitrogen and oxygen atoms in total. The number of nitrogens with zero attached hydrogens (tertiary/aromatic N) is 1. The predicted molar refractivity (Wildman–Crippen MR) is 73.0 cm³/mol. The first-order valence-corrected chi connectivity index (χ1v) is 6.61. The first kappa shape index (κ1) is 13.5. The fourth-order valence-electron chi connectivity index (χ4n) is 1.86. The van der Waals surface area contributed by atoms with Crippen molar-refractivity contribution >= 4 is 21.6 Å². The Labute approximate surface area is 106 Å². The number of aliphatic hydroxyl groups excluding tert-OH is 1. The molecule has 0 spiro atoms. The van der Waals surface area contributed by atoms with Crippen molar-refractivity contribution in [1.82, 2.24) is 0 Å². The average molecular weight is 286 g/mol. The maximum atomic E-state index is 9.77. The van der Waals surface area contributed by atoms with E-state index in [1.807, 2.05) is 19.1 Å². The molecule has 1 aromatic rings. The molecule has 0 aliphatic rings. The first-order valence-electron chi connectivity index (χ1n) is 5.82. The summed E-state index contributed by atoms with van der Waals surface area (Å²) >= 11 is 3.49. The van der Waals surface area contributed by atoms with Crippen molar-refractivity contribution in [2.45, 2.75) is 33.3 Å². The van der Waals surface area contributed by atoms with Crippen LogP contribution in [-0.4, -0.2) is 18.2 Å². The largest absolute Gasteiger partial charge is 0.389 e. The van der Waals surface area contributed by atoms with Crippen molar-refractivity contribution < 1.29 is 5.11 Å². The van der Waals surface area contributed by atoms with Gasteiger partial charge in [-0.25, -0.2) is 0 Å². The van der Waals surface area contributed by atoms with Gasteiger partial charge in [0.2, 0.25) is 0 Å². The van der Waals surface area contributed by atoms with Gasteiger partial charge in [0.05, 0.1) is 6.10 Å². The minimum atomic E-state index is -0.422. The summed E-state index contributed by atoms with van der Waals surface area (Å²) in [4.78, 5) is 2.30. The monoisotopic (exact) mass is 285 g/mol. The van der Waals surface area contributed by atoms with Gasteiger partial charge in [0.25, 0.3) is 0 Å². The normalized spacial score (nSPS) is 12.6. The molecule has 16 heavy (non-hydrogen) atoms. The number of aliphatic hydroxyl groups is 1. The van der Waals surface area contributed by atoms with Crippen molar-refractivity contribution in [1.29, 1.82) is 0 Å². The van der Waals surface area contributed by atoms with E-state index in [-0.39, 0.29) is 0 Å². The Morgan fingerprint density at radius 2 is 2.06 bits per heavy atom. The van der Waals surface area contributed by atoms with E-state index >= 15 is 0 Å². The molecule has 1 rings (SSSR count). The zero-order chi connectivity index (χ0) is 12.1.